The quantitative estimate of drug-likeness (QED) is 0.820. The van der Waals surface area contributed by atoms with Crippen molar-refractivity contribution >= 4 is 5.91 Å². The fourth-order valence-corrected chi connectivity index (χ4v) is 1.65. The van der Waals surface area contributed by atoms with Crippen LogP contribution in [0.2, 0.25) is 0 Å². The van der Waals surface area contributed by atoms with E-state index >= 15 is 0 Å². The largest absolute Gasteiger partial charge is 0.395 e. The van der Waals surface area contributed by atoms with Crippen molar-refractivity contribution in [2.45, 2.75) is 26.7 Å². The standard InChI is InChI=1S/C15H20N2O2/c1-3-10-17(4-2)15(19)14-9-8-13(12-16-14)7-5-6-11-18/h8-9,12,18H,3-4,6,10-11H2,1-2H3. The van der Waals surface area contributed by atoms with Crippen LogP contribution < -0.4 is 0 Å². The highest BCUT2D eigenvalue weighted by Gasteiger charge is 2.13. The minimum atomic E-state index is -0.0424. The number of pyridine rings is 1. The van der Waals surface area contributed by atoms with Gasteiger partial charge in [0.2, 0.25) is 0 Å². The van der Waals surface area contributed by atoms with Gasteiger partial charge in [0, 0.05) is 31.3 Å². The van der Waals surface area contributed by atoms with Gasteiger partial charge < -0.3 is 10.0 Å². The van der Waals surface area contributed by atoms with Crippen molar-refractivity contribution in [1.82, 2.24) is 9.88 Å². The number of amides is 1. The average molecular weight is 260 g/mol. The lowest BCUT2D eigenvalue weighted by molar-refractivity contribution is 0.0758. The highest BCUT2D eigenvalue weighted by Crippen LogP contribution is 2.04. The average Bonchev–Trinajstić information content (AvgIpc) is 2.45. The maximum atomic E-state index is 12.1. The van der Waals surface area contributed by atoms with E-state index in [2.05, 4.69) is 16.8 Å². The second-order valence-electron chi connectivity index (χ2n) is 4.09. The summed E-state index contributed by atoms with van der Waals surface area (Å²) in [7, 11) is 0. The molecule has 0 aliphatic carbocycles. The smallest absolute Gasteiger partial charge is 0.272 e. The molecule has 1 rings (SSSR count). The zero-order chi connectivity index (χ0) is 14.1. The van der Waals surface area contributed by atoms with E-state index in [1.54, 1.807) is 23.2 Å². The Labute approximate surface area is 114 Å². The summed E-state index contributed by atoms with van der Waals surface area (Å²) in [5.74, 6) is 5.66. The van der Waals surface area contributed by atoms with Crippen LogP contribution in [-0.4, -0.2) is 40.6 Å². The van der Waals surface area contributed by atoms with Crippen LogP contribution in [0.15, 0.2) is 18.3 Å². The number of hydrogen-bond acceptors (Lipinski definition) is 3. The number of carbonyl (C=O) groups is 1. The Balaban J connectivity index is 2.75. The Morgan fingerprint density at radius 1 is 1.42 bits per heavy atom. The van der Waals surface area contributed by atoms with E-state index in [0.717, 1.165) is 18.5 Å². The number of hydrogen-bond donors (Lipinski definition) is 1. The third-order valence-electron chi connectivity index (χ3n) is 2.61. The van der Waals surface area contributed by atoms with Gasteiger partial charge in [-0.3, -0.25) is 4.79 Å². The van der Waals surface area contributed by atoms with Crippen LogP contribution in [0.25, 0.3) is 0 Å². The van der Waals surface area contributed by atoms with Crippen molar-refractivity contribution < 1.29 is 9.90 Å². The molecule has 19 heavy (non-hydrogen) atoms. The van der Waals surface area contributed by atoms with Crippen LogP contribution in [0.1, 0.15) is 42.7 Å². The molecular formula is C15H20N2O2. The predicted octanol–water partition coefficient (Wildman–Crippen LogP) is 1.69. The molecule has 0 radical (unpaired) electrons. The molecule has 0 aromatic carbocycles. The Morgan fingerprint density at radius 3 is 2.74 bits per heavy atom. The summed E-state index contributed by atoms with van der Waals surface area (Å²) >= 11 is 0. The van der Waals surface area contributed by atoms with E-state index < -0.39 is 0 Å². The lowest BCUT2D eigenvalue weighted by Crippen LogP contribution is -2.32. The lowest BCUT2D eigenvalue weighted by atomic mass is 10.2. The molecule has 1 amide bonds. The number of carbonyl (C=O) groups excluding carboxylic acids is 1. The summed E-state index contributed by atoms with van der Waals surface area (Å²) in [4.78, 5) is 18.1. The van der Waals surface area contributed by atoms with E-state index in [-0.39, 0.29) is 12.5 Å². The molecule has 1 aromatic heterocycles. The molecule has 102 valence electrons. The van der Waals surface area contributed by atoms with Crippen molar-refractivity contribution in [2.75, 3.05) is 19.7 Å². The third kappa shape index (κ3) is 4.72. The fourth-order valence-electron chi connectivity index (χ4n) is 1.65. The highest BCUT2D eigenvalue weighted by atomic mass is 16.2. The van der Waals surface area contributed by atoms with Crippen LogP contribution in [0.5, 0.6) is 0 Å². The van der Waals surface area contributed by atoms with Crippen LogP contribution in [-0.2, 0) is 0 Å². The first-order valence-electron chi connectivity index (χ1n) is 6.58. The normalized spacial score (nSPS) is 9.63. The van der Waals surface area contributed by atoms with E-state index in [1.807, 2.05) is 13.8 Å². The van der Waals surface area contributed by atoms with Gasteiger partial charge >= 0.3 is 0 Å². The minimum absolute atomic E-state index is 0.0424. The second-order valence-corrected chi connectivity index (χ2v) is 4.09. The van der Waals surface area contributed by atoms with Gasteiger partial charge in [-0.15, -0.1) is 0 Å². The molecule has 0 aliphatic heterocycles. The summed E-state index contributed by atoms with van der Waals surface area (Å²) in [6.45, 7) is 5.49. The summed E-state index contributed by atoms with van der Waals surface area (Å²) in [6, 6.07) is 3.48. The Kier molecular flexibility index (Phi) is 6.62. The maximum Gasteiger partial charge on any atom is 0.272 e. The first-order valence-corrected chi connectivity index (χ1v) is 6.58. The molecule has 1 heterocycles. The number of rotatable bonds is 5. The first kappa shape index (κ1) is 15.2. The van der Waals surface area contributed by atoms with Gasteiger partial charge in [0.25, 0.3) is 5.91 Å². The van der Waals surface area contributed by atoms with Crippen LogP contribution in [0.4, 0.5) is 0 Å². The molecule has 0 fully saturated rings. The molecule has 0 saturated heterocycles. The molecule has 0 spiro atoms. The van der Waals surface area contributed by atoms with Gasteiger partial charge in [-0.25, -0.2) is 4.98 Å². The summed E-state index contributed by atoms with van der Waals surface area (Å²) in [5, 5.41) is 8.63. The fraction of sp³-hybridized carbons (Fsp3) is 0.467. The first-order chi connectivity index (χ1) is 9.22. The number of aromatic nitrogens is 1. The Bertz CT molecular complexity index is 457. The predicted molar refractivity (Wildman–Crippen MR) is 74.7 cm³/mol. The van der Waals surface area contributed by atoms with Crippen LogP contribution in [0.3, 0.4) is 0 Å². The molecule has 0 atom stereocenters. The molecule has 1 N–H and O–H groups in total. The van der Waals surface area contributed by atoms with Crippen molar-refractivity contribution in [3.8, 4) is 11.8 Å². The van der Waals surface area contributed by atoms with Gasteiger partial charge in [0.15, 0.2) is 0 Å². The van der Waals surface area contributed by atoms with Crippen molar-refractivity contribution in [3.63, 3.8) is 0 Å². The minimum Gasteiger partial charge on any atom is -0.395 e. The molecule has 0 saturated carbocycles. The number of aliphatic hydroxyl groups is 1. The van der Waals surface area contributed by atoms with Gasteiger partial charge in [0.1, 0.15) is 5.69 Å². The Morgan fingerprint density at radius 2 is 2.21 bits per heavy atom. The summed E-state index contributed by atoms with van der Waals surface area (Å²) in [6.07, 6.45) is 2.97. The molecule has 0 unspecified atom stereocenters. The van der Waals surface area contributed by atoms with Gasteiger partial charge in [-0.1, -0.05) is 18.8 Å². The zero-order valence-corrected chi connectivity index (χ0v) is 11.5. The summed E-state index contributed by atoms with van der Waals surface area (Å²) in [5.41, 5.74) is 1.20. The van der Waals surface area contributed by atoms with E-state index in [4.69, 9.17) is 5.11 Å². The second kappa shape index (κ2) is 8.28. The number of aliphatic hydroxyl groups excluding tert-OH is 1. The lowest BCUT2D eigenvalue weighted by Gasteiger charge is -2.19. The molecule has 0 aliphatic rings. The molecule has 0 bridgehead atoms. The van der Waals surface area contributed by atoms with E-state index in [1.165, 1.54) is 0 Å². The van der Waals surface area contributed by atoms with Crippen molar-refractivity contribution in [3.05, 3.63) is 29.6 Å². The van der Waals surface area contributed by atoms with Gasteiger partial charge in [0.05, 0.1) is 6.61 Å². The number of nitrogens with zero attached hydrogens (tertiary/aromatic N) is 2. The van der Waals surface area contributed by atoms with E-state index in [0.29, 0.717) is 18.7 Å². The maximum absolute atomic E-state index is 12.1. The Hall–Kier alpha value is -1.86. The third-order valence-corrected chi connectivity index (χ3v) is 2.61. The SMILES string of the molecule is CCCN(CC)C(=O)c1ccc(C#CCCO)cn1. The monoisotopic (exact) mass is 260 g/mol. The zero-order valence-electron chi connectivity index (χ0n) is 11.5. The van der Waals surface area contributed by atoms with Crippen molar-refractivity contribution in [2.24, 2.45) is 0 Å². The van der Waals surface area contributed by atoms with Crippen molar-refractivity contribution in [1.29, 1.82) is 0 Å². The van der Waals surface area contributed by atoms with Gasteiger partial charge in [-0.2, -0.15) is 0 Å². The molecule has 4 heteroatoms. The molecule has 4 nitrogen and oxygen atoms in total. The highest BCUT2D eigenvalue weighted by molar-refractivity contribution is 5.92. The summed E-state index contributed by atoms with van der Waals surface area (Å²) < 4.78 is 0. The van der Waals surface area contributed by atoms with Crippen LogP contribution in [0, 0.1) is 11.8 Å². The molecule has 1 aromatic rings. The topological polar surface area (TPSA) is 53.4 Å². The molecular weight excluding hydrogens is 240 g/mol. The van der Waals surface area contributed by atoms with Crippen LogP contribution >= 0.6 is 0 Å². The van der Waals surface area contributed by atoms with E-state index in [9.17, 15) is 4.79 Å². The van der Waals surface area contributed by atoms with Gasteiger partial charge in [-0.05, 0) is 25.5 Å².